The molecule has 3 fully saturated rings. The van der Waals surface area contributed by atoms with Gasteiger partial charge in [-0.2, -0.15) is 26.3 Å². The number of hydrogen-bond donors (Lipinski definition) is 1. The van der Waals surface area contributed by atoms with E-state index < -0.39 is 28.9 Å². The normalized spacial score (nSPS) is 24.4. The summed E-state index contributed by atoms with van der Waals surface area (Å²) in [4.78, 5) is 15.4. The smallest absolute Gasteiger partial charge is 0.381 e. The van der Waals surface area contributed by atoms with Gasteiger partial charge < -0.3 is 15.0 Å². The number of carbonyl (C=O) groups excluding carboxylic acids is 1. The molecule has 1 aromatic rings. The zero-order chi connectivity index (χ0) is 24.6. The molecule has 2 aliphatic heterocycles. The highest BCUT2D eigenvalue weighted by Crippen LogP contribution is 2.45. The van der Waals surface area contributed by atoms with Crippen LogP contribution in [-0.4, -0.2) is 43.7 Å². The zero-order valence-corrected chi connectivity index (χ0v) is 18.9. The van der Waals surface area contributed by atoms with Gasteiger partial charge in [0, 0.05) is 32.8 Å². The molecule has 1 saturated carbocycles. The Hall–Kier alpha value is -1.81. The molecule has 10 heteroatoms. The molecule has 3 aliphatic rings. The number of nitrogens with one attached hydrogen (secondary N) is 1. The van der Waals surface area contributed by atoms with Crippen molar-refractivity contribution in [1.29, 1.82) is 0 Å². The maximum atomic E-state index is 13.9. The third kappa shape index (κ3) is 6.05. The van der Waals surface area contributed by atoms with Crippen molar-refractivity contribution in [2.24, 2.45) is 17.3 Å². The molecule has 1 aromatic carbocycles. The predicted octanol–water partition coefficient (Wildman–Crippen LogP) is 5.26. The molecule has 4 rings (SSSR count). The Balaban J connectivity index is 1.65. The molecular weight excluding hydrogens is 462 g/mol. The van der Waals surface area contributed by atoms with Crippen LogP contribution in [0, 0.1) is 17.3 Å². The van der Waals surface area contributed by atoms with Gasteiger partial charge in [-0.15, -0.1) is 0 Å². The summed E-state index contributed by atoms with van der Waals surface area (Å²) >= 11 is 0. The van der Waals surface area contributed by atoms with Crippen molar-refractivity contribution in [2.75, 3.05) is 32.8 Å². The minimum Gasteiger partial charge on any atom is -0.381 e. The Morgan fingerprint density at radius 2 is 1.59 bits per heavy atom. The maximum absolute atomic E-state index is 13.9. The van der Waals surface area contributed by atoms with Crippen LogP contribution < -0.4 is 5.32 Å². The van der Waals surface area contributed by atoms with Gasteiger partial charge in [-0.3, -0.25) is 4.79 Å². The molecule has 1 amide bonds. The van der Waals surface area contributed by atoms with Crippen LogP contribution in [0.3, 0.4) is 0 Å². The monoisotopic (exact) mass is 492 g/mol. The first-order chi connectivity index (χ1) is 16.0. The Kier molecular flexibility index (Phi) is 7.20. The van der Waals surface area contributed by atoms with Gasteiger partial charge in [0.2, 0.25) is 5.91 Å². The highest BCUT2D eigenvalue weighted by atomic mass is 19.4. The van der Waals surface area contributed by atoms with Gasteiger partial charge in [0.05, 0.1) is 16.5 Å². The number of nitrogens with zero attached hydrogens (tertiary/aromatic N) is 1. The average Bonchev–Trinajstić information content (AvgIpc) is 3.45. The molecule has 1 atom stereocenters. The first-order valence-electron chi connectivity index (χ1n) is 11.8. The van der Waals surface area contributed by atoms with Gasteiger partial charge in [-0.25, -0.2) is 0 Å². The van der Waals surface area contributed by atoms with Crippen molar-refractivity contribution in [3.63, 3.8) is 0 Å². The van der Waals surface area contributed by atoms with Gasteiger partial charge in [0.15, 0.2) is 0 Å². The van der Waals surface area contributed by atoms with E-state index in [2.05, 4.69) is 5.32 Å². The number of alkyl halides is 6. The molecule has 0 aromatic heterocycles. The van der Waals surface area contributed by atoms with Crippen molar-refractivity contribution < 1.29 is 35.9 Å². The van der Waals surface area contributed by atoms with Crippen molar-refractivity contribution in [3.05, 3.63) is 34.9 Å². The number of carbonyl (C=O) groups is 1. The minimum absolute atomic E-state index is 0.0953. The number of halogens is 6. The Morgan fingerprint density at radius 1 is 0.971 bits per heavy atom. The van der Waals surface area contributed by atoms with Gasteiger partial charge in [0.1, 0.15) is 0 Å². The zero-order valence-electron chi connectivity index (χ0n) is 18.9. The lowest BCUT2D eigenvalue weighted by atomic mass is 9.79. The largest absolute Gasteiger partial charge is 0.416 e. The summed E-state index contributed by atoms with van der Waals surface area (Å²) in [5.41, 5.74) is -3.52. The second kappa shape index (κ2) is 9.68. The van der Waals surface area contributed by atoms with Crippen molar-refractivity contribution in [1.82, 2.24) is 10.2 Å². The highest BCUT2D eigenvalue weighted by Gasteiger charge is 2.47. The summed E-state index contributed by atoms with van der Waals surface area (Å²) in [7, 11) is 0. The molecule has 0 bridgehead atoms. The molecule has 34 heavy (non-hydrogen) atoms. The molecule has 2 heterocycles. The first kappa shape index (κ1) is 25.3. The van der Waals surface area contributed by atoms with E-state index in [9.17, 15) is 31.1 Å². The van der Waals surface area contributed by atoms with E-state index in [-0.39, 0.29) is 30.0 Å². The van der Waals surface area contributed by atoms with Crippen LogP contribution in [0.5, 0.6) is 0 Å². The van der Waals surface area contributed by atoms with Crippen LogP contribution in [0.25, 0.3) is 0 Å². The van der Waals surface area contributed by atoms with E-state index in [0.29, 0.717) is 64.4 Å². The van der Waals surface area contributed by atoms with E-state index in [1.54, 1.807) is 0 Å². The van der Waals surface area contributed by atoms with Crippen LogP contribution in [0.2, 0.25) is 0 Å². The molecule has 1 aliphatic carbocycles. The van der Waals surface area contributed by atoms with Crippen LogP contribution in [0.15, 0.2) is 18.2 Å². The summed E-state index contributed by atoms with van der Waals surface area (Å²) in [6, 6.07) is 1.60. The Bertz CT molecular complexity index is 837. The molecule has 190 valence electrons. The average molecular weight is 493 g/mol. The summed E-state index contributed by atoms with van der Waals surface area (Å²) in [5.74, 6) is 0.388. The molecule has 1 N–H and O–H groups in total. The van der Waals surface area contributed by atoms with Crippen molar-refractivity contribution in [3.8, 4) is 0 Å². The number of hydrogen-bond acceptors (Lipinski definition) is 3. The van der Waals surface area contributed by atoms with Crippen molar-refractivity contribution >= 4 is 5.91 Å². The van der Waals surface area contributed by atoms with Gasteiger partial charge in [-0.05, 0) is 67.8 Å². The fourth-order valence-corrected chi connectivity index (χ4v) is 5.19. The summed E-state index contributed by atoms with van der Waals surface area (Å²) in [5, 5.41) is 3.24. The quantitative estimate of drug-likeness (QED) is 0.528. The summed E-state index contributed by atoms with van der Waals surface area (Å²) in [6.45, 7) is 2.24. The molecule has 0 spiro atoms. The Morgan fingerprint density at radius 3 is 2.09 bits per heavy atom. The highest BCUT2D eigenvalue weighted by molar-refractivity contribution is 5.83. The number of rotatable bonds is 7. The molecular formula is C24H30F6N2O2. The molecule has 1 unspecified atom stereocenters. The maximum Gasteiger partial charge on any atom is 0.416 e. The van der Waals surface area contributed by atoms with E-state index in [0.717, 1.165) is 25.0 Å². The molecule has 0 radical (unpaired) electrons. The lowest BCUT2D eigenvalue weighted by Gasteiger charge is -2.37. The lowest BCUT2D eigenvalue weighted by Crippen LogP contribution is -2.47. The number of amides is 1. The van der Waals surface area contributed by atoms with Crippen LogP contribution in [0.4, 0.5) is 26.3 Å². The second-order valence-corrected chi connectivity index (χ2v) is 10.0. The topological polar surface area (TPSA) is 41.6 Å². The number of ether oxygens (including phenoxy) is 1. The molecule has 4 nitrogen and oxygen atoms in total. The third-order valence-electron chi connectivity index (χ3n) is 7.20. The Labute approximate surface area is 195 Å². The van der Waals surface area contributed by atoms with Crippen LogP contribution >= 0.6 is 0 Å². The van der Waals surface area contributed by atoms with E-state index in [1.165, 1.54) is 4.90 Å². The van der Waals surface area contributed by atoms with Gasteiger partial charge in [-0.1, -0.05) is 12.8 Å². The summed E-state index contributed by atoms with van der Waals surface area (Å²) < 4.78 is 85.7. The van der Waals surface area contributed by atoms with Gasteiger partial charge >= 0.3 is 12.4 Å². The first-order valence-corrected chi connectivity index (χ1v) is 11.8. The third-order valence-corrected chi connectivity index (χ3v) is 7.20. The fraction of sp³-hybridized carbons (Fsp3) is 0.708. The standard InChI is InChI=1S/C24H30F6N2O2/c25-23(26,27)19-9-18(10-20(11-19)24(28,29)30)14-32(13-17-3-7-34-8-4-17)21(33)22(5-6-31-15-22)12-16-1-2-16/h9-11,16-17,31H,1-8,12-15H2. The van der Waals surface area contributed by atoms with E-state index in [1.807, 2.05) is 0 Å². The molecule has 2 saturated heterocycles. The van der Waals surface area contributed by atoms with Crippen LogP contribution in [-0.2, 0) is 28.4 Å². The minimum atomic E-state index is -4.92. The van der Waals surface area contributed by atoms with Crippen LogP contribution in [0.1, 0.15) is 55.2 Å². The predicted molar refractivity (Wildman–Crippen MR) is 113 cm³/mol. The fourth-order valence-electron chi connectivity index (χ4n) is 5.19. The van der Waals surface area contributed by atoms with E-state index >= 15 is 0 Å². The van der Waals surface area contributed by atoms with Gasteiger partial charge in [0.25, 0.3) is 0 Å². The van der Waals surface area contributed by atoms with E-state index in [4.69, 9.17) is 4.74 Å². The lowest BCUT2D eigenvalue weighted by molar-refractivity contribution is -0.143. The summed E-state index contributed by atoms with van der Waals surface area (Å²) in [6.07, 6.45) is -5.00. The SMILES string of the molecule is O=C(N(Cc1cc(C(F)(F)F)cc(C(F)(F)F)c1)CC1CCOCC1)C1(CC2CC2)CCNC1. The number of benzene rings is 1. The second-order valence-electron chi connectivity index (χ2n) is 10.0. The van der Waals surface area contributed by atoms with Crippen molar-refractivity contribution in [2.45, 2.75) is 57.4 Å².